The Kier molecular flexibility index (Phi) is 4.27. The molecule has 0 aliphatic heterocycles. The molecule has 2 heterocycles. The third kappa shape index (κ3) is 3.05. The second-order valence-corrected chi connectivity index (χ2v) is 4.76. The smallest absolute Gasteiger partial charge is 0.268 e. The minimum Gasteiger partial charge on any atom is -0.376 e. The van der Waals surface area contributed by atoms with Gasteiger partial charge < -0.3 is 4.90 Å². The molecule has 2 rings (SSSR count). The van der Waals surface area contributed by atoms with Gasteiger partial charge in [0.05, 0.1) is 17.4 Å². The van der Waals surface area contributed by atoms with E-state index in [1.165, 1.54) is 6.20 Å². The quantitative estimate of drug-likeness (QED) is 0.799. The number of carbonyl (C=O) groups is 2. The molecule has 0 unspecified atom stereocenters. The van der Waals surface area contributed by atoms with Crippen molar-refractivity contribution < 1.29 is 9.59 Å². The molecule has 0 N–H and O–H groups in total. The Morgan fingerprint density at radius 3 is 2.52 bits per heavy atom. The highest BCUT2D eigenvalue weighted by Crippen LogP contribution is 2.20. The first-order valence-electron chi connectivity index (χ1n) is 6.37. The summed E-state index contributed by atoms with van der Waals surface area (Å²) in [5.74, 6) is -0.144. The van der Waals surface area contributed by atoms with E-state index in [2.05, 4.69) is 9.97 Å². The van der Waals surface area contributed by atoms with Crippen LogP contribution in [0.25, 0.3) is 0 Å². The molecule has 6 nitrogen and oxygen atoms in total. The predicted molar refractivity (Wildman–Crippen MR) is 80.4 cm³/mol. The number of aryl methyl sites for hydroxylation is 1. The van der Waals surface area contributed by atoms with Gasteiger partial charge in [0, 0.05) is 26.5 Å². The van der Waals surface area contributed by atoms with Crippen molar-refractivity contribution in [2.45, 2.75) is 6.92 Å². The molecule has 0 fully saturated rings. The first-order chi connectivity index (χ1) is 10.0. The maximum Gasteiger partial charge on any atom is 0.268 e. The Morgan fingerprint density at radius 2 is 1.95 bits per heavy atom. The SMILES string of the molecule is Cc1ccc(N(C=O)C(=O)c2ccncc2N(C)C)nc1. The maximum absolute atomic E-state index is 12.6. The van der Waals surface area contributed by atoms with Crippen molar-refractivity contribution in [3.63, 3.8) is 0 Å². The Labute approximate surface area is 123 Å². The largest absolute Gasteiger partial charge is 0.376 e. The third-order valence-corrected chi connectivity index (χ3v) is 2.98. The van der Waals surface area contributed by atoms with Crippen LogP contribution < -0.4 is 9.80 Å². The van der Waals surface area contributed by atoms with E-state index in [-0.39, 0.29) is 0 Å². The lowest BCUT2D eigenvalue weighted by molar-refractivity contribution is -0.107. The van der Waals surface area contributed by atoms with E-state index in [1.807, 2.05) is 21.0 Å². The van der Waals surface area contributed by atoms with Crippen LogP contribution in [0.1, 0.15) is 15.9 Å². The van der Waals surface area contributed by atoms with Gasteiger partial charge >= 0.3 is 0 Å². The molecule has 0 aliphatic carbocycles. The monoisotopic (exact) mass is 284 g/mol. The Bertz CT molecular complexity index is 653. The average molecular weight is 284 g/mol. The number of hydrogen-bond acceptors (Lipinski definition) is 5. The van der Waals surface area contributed by atoms with E-state index >= 15 is 0 Å². The average Bonchev–Trinajstić information content (AvgIpc) is 2.49. The number of hydrogen-bond donors (Lipinski definition) is 0. The number of amides is 2. The summed E-state index contributed by atoms with van der Waals surface area (Å²) in [7, 11) is 3.62. The molecular weight excluding hydrogens is 268 g/mol. The lowest BCUT2D eigenvalue weighted by Crippen LogP contribution is -2.31. The van der Waals surface area contributed by atoms with Gasteiger partial charge in [0.15, 0.2) is 0 Å². The summed E-state index contributed by atoms with van der Waals surface area (Å²) in [6.45, 7) is 1.89. The van der Waals surface area contributed by atoms with Crippen molar-refractivity contribution in [3.8, 4) is 0 Å². The van der Waals surface area contributed by atoms with E-state index in [0.717, 1.165) is 10.5 Å². The number of pyridine rings is 2. The molecule has 0 atom stereocenters. The Hall–Kier alpha value is -2.76. The number of carbonyl (C=O) groups excluding carboxylic acids is 2. The van der Waals surface area contributed by atoms with E-state index < -0.39 is 5.91 Å². The first kappa shape index (κ1) is 14.6. The number of rotatable bonds is 4. The van der Waals surface area contributed by atoms with E-state index in [4.69, 9.17) is 0 Å². The topological polar surface area (TPSA) is 66.4 Å². The van der Waals surface area contributed by atoms with Crippen molar-refractivity contribution in [2.24, 2.45) is 0 Å². The van der Waals surface area contributed by atoms with Gasteiger partial charge in [-0.05, 0) is 24.6 Å². The fourth-order valence-electron chi connectivity index (χ4n) is 1.86. The maximum atomic E-state index is 12.6. The van der Waals surface area contributed by atoms with E-state index in [9.17, 15) is 9.59 Å². The van der Waals surface area contributed by atoms with Crippen LogP contribution in [-0.4, -0.2) is 36.4 Å². The van der Waals surface area contributed by atoms with Gasteiger partial charge in [0.25, 0.3) is 5.91 Å². The summed E-state index contributed by atoms with van der Waals surface area (Å²) in [4.78, 5) is 34.8. The van der Waals surface area contributed by atoms with Crippen LogP contribution in [0.15, 0.2) is 36.8 Å². The summed E-state index contributed by atoms with van der Waals surface area (Å²) in [6.07, 6.45) is 5.18. The minimum atomic E-state index is -0.438. The van der Waals surface area contributed by atoms with Gasteiger partial charge in [-0.3, -0.25) is 14.6 Å². The van der Waals surface area contributed by atoms with Crippen molar-refractivity contribution >= 4 is 23.8 Å². The molecule has 6 heteroatoms. The van der Waals surface area contributed by atoms with Crippen LogP contribution in [0.4, 0.5) is 11.5 Å². The number of anilines is 2. The normalized spacial score (nSPS) is 10.0. The molecular formula is C15H16N4O2. The highest BCUT2D eigenvalue weighted by molar-refractivity contribution is 6.17. The molecule has 0 bridgehead atoms. The summed E-state index contributed by atoms with van der Waals surface area (Å²) in [5, 5.41) is 0. The fraction of sp³-hybridized carbons (Fsp3) is 0.200. The molecule has 2 aromatic rings. The highest BCUT2D eigenvalue weighted by atomic mass is 16.2. The second kappa shape index (κ2) is 6.13. The predicted octanol–water partition coefficient (Wildman–Crippen LogP) is 1.65. The molecule has 108 valence electrons. The standard InChI is InChI=1S/C15H16N4O2/c1-11-4-5-14(17-8-11)19(10-20)15(21)12-6-7-16-9-13(12)18(2)3/h4-10H,1-3H3. The second-order valence-electron chi connectivity index (χ2n) is 4.76. The molecule has 0 radical (unpaired) electrons. The summed E-state index contributed by atoms with van der Waals surface area (Å²) < 4.78 is 0. The Balaban J connectivity index is 2.42. The molecule has 21 heavy (non-hydrogen) atoms. The molecule has 0 aliphatic rings. The highest BCUT2D eigenvalue weighted by Gasteiger charge is 2.21. The van der Waals surface area contributed by atoms with Crippen LogP contribution in [0.3, 0.4) is 0 Å². The lowest BCUT2D eigenvalue weighted by Gasteiger charge is -2.19. The van der Waals surface area contributed by atoms with E-state index in [0.29, 0.717) is 23.5 Å². The zero-order valence-electron chi connectivity index (χ0n) is 12.1. The van der Waals surface area contributed by atoms with Crippen LogP contribution in [0.2, 0.25) is 0 Å². The third-order valence-electron chi connectivity index (χ3n) is 2.98. The van der Waals surface area contributed by atoms with Gasteiger partial charge in [-0.15, -0.1) is 0 Å². The molecule has 2 amide bonds. The molecule has 0 spiro atoms. The number of nitrogens with zero attached hydrogens (tertiary/aromatic N) is 4. The van der Waals surface area contributed by atoms with Gasteiger partial charge in [0.2, 0.25) is 6.41 Å². The van der Waals surface area contributed by atoms with Crippen LogP contribution in [-0.2, 0) is 4.79 Å². The van der Waals surface area contributed by atoms with Crippen molar-refractivity contribution in [2.75, 3.05) is 23.9 Å². The van der Waals surface area contributed by atoms with Gasteiger partial charge in [0.1, 0.15) is 5.82 Å². The zero-order valence-corrected chi connectivity index (χ0v) is 12.1. The summed E-state index contributed by atoms with van der Waals surface area (Å²) in [5.41, 5.74) is 1.99. The molecule has 0 saturated heterocycles. The first-order valence-corrected chi connectivity index (χ1v) is 6.37. The molecule has 0 aromatic carbocycles. The fourth-order valence-corrected chi connectivity index (χ4v) is 1.86. The van der Waals surface area contributed by atoms with Crippen LogP contribution in [0.5, 0.6) is 0 Å². The van der Waals surface area contributed by atoms with Crippen molar-refractivity contribution in [1.29, 1.82) is 0 Å². The number of aromatic nitrogens is 2. The lowest BCUT2D eigenvalue weighted by atomic mass is 10.2. The minimum absolute atomic E-state index is 0.294. The van der Waals surface area contributed by atoms with Crippen molar-refractivity contribution in [1.82, 2.24) is 9.97 Å². The number of imide groups is 1. The molecule has 0 saturated carbocycles. The molecule has 2 aromatic heterocycles. The van der Waals surface area contributed by atoms with Crippen LogP contribution in [0, 0.1) is 6.92 Å². The summed E-state index contributed by atoms with van der Waals surface area (Å²) >= 11 is 0. The van der Waals surface area contributed by atoms with Gasteiger partial charge in [-0.25, -0.2) is 9.88 Å². The zero-order chi connectivity index (χ0) is 15.4. The van der Waals surface area contributed by atoms with Crippen molar-refractivity contribution in [3.05, 3.63) is 47.9 Å². The van der Waals surface area contributed by atoms with E-state index in [1.54, 1.807) is 35.5 Å². The van der Waals surface area contributed by atoms with Gasteiger partial charge in [-0.1, -0.05) is 6.07 Å². The summed E-state index contributed by atoms with van der Waals surface area (Å²) in [6, 6.07) is 5.02. The van der Waals surface area contributed by atoms with Gasteiger partial charge in [-0.2, -0.15) is 0 Å². The Morgan fingerprint density at radius 1 is 1.19 bits per heavy atom. The van der Waals surface area contributed by atoms with Crippen LogP contribution >= 0.6 is 0 Å².